The average Bonchev–Trinajstić information content (AvgIpc) is 2.34. The SMILES string of the molecule is CCc1cc(Oc2ncc(Br)cn2)ccc1Cl. The Morgan fingerprint density at radius 2 is 2.00 bits per heavy atom. The highest BCUT2D eigenvalue weighted by molar-refractivity contribution is 9.10. The molecule has 0 aliphatic rings. The zero-order chi connectivity index (χ0) is 12.3. The van der Waals surface area contributed by atoms with Crippen LogP contribution in [0.15, 0.2) is 35.1 Å². The molecule has 1 aromatic carbocycles. The molecule has 0 fully saturated rings. The van der Waals surface area contributed by atoms with E-state index in [-0.39, 0.29) is 0 Å². The minimum Gasteiger partial charge on any atom is -0.424 e. The molecule has 0 aliphatic heterocycles. The van der Waals surface area contributed by atoms with Crippen LogP contribution in [0.5, 0.6) is 11.8 Å². The molecule has 0 unspecified atom stereocenters. The van der Waals surface area contributed by atoms with Crippen LogP contribution in [0.3, 0.4) is 0 Å². The van der Waals surface area contributed by atoms with Gasteiger partial charge >= 0.3 is 6.01 Å². The number of hydrogen-bond acceptors (Lipinski definition) is 3. The van der Waals surface area contributed by atoms with Gasteiger partial charge < -0.3 is 4.74 Å². The van der Waals surface area contributed by atoms with Crippen LogP contribution in [0.1, 0.15) is 12.5 Å². The Morgan fingerprint density at radius 3 is 2.65 bits per heavy atom. The molecule has 2 rings (SSSR count). The summed E-state index contributed by atoms with van der Waals surface area (Å²) in [4.78, 5) is 8.08. The van der Waals surface area contributed by atoms with Gasteiger partial charge in [-0.3, -0.25) is 0 Å². The summed E-state index contributed by atoms with van der Waals surface area (Å²) < 4.78 is 6.34. The second-order valence-corrected chi connectivity index (χ2v) is 4.72. The average molecular weight is 314 g/mol. The van der Waals surface area contributed by atoms with Crippen molar-refractivity contribution in [2.45, 2.75) is 13.3 Å². The standard InChI is InChI=1S/C12H10BrClN2O/c1-2-8-5-10(3-4-11(8)14)17-12-15-6-9(13)7-16-12/h3-7H,2H2,1H3. The molecule has 0 radical (unpaired) electrons. The monoisotopic (exact) mass is 312 g/mol. The number of ether oxygens (including phenoxy) is 1. The molecule has 1 heterocycles. The topological polar surface area (TPSA) is 35.0 Å². The molecule has 88 valence electrons. The van der Waals surface area contributed by atoms with Crippen LogP contribution in [0, 0.1) is 0 Å². The Morgan fingerprint density at radius 1 is 1.29 bits per heavy atom. The zero-order valence-electron chi connectivity index (χ0n) is 9.15. The van der Waals surface area contributed by atoms with Gasteiger partial charge in [-0.25, -0.2) is 9.97 Å². The molecule has 0 saturated heterocycles. The third-order valence-corrected chi connectivity index (χ3v) is 2.98. The first-order valence-electron chi connectivity index (χ1n) is 5.13. The third kappa shape index (κ3) is 3.17. The van der Waals surface area contributed by atoms with Crippen LogP contribution < -0.4 is 4.74 Å². The first-order chi connectivity index (χ1) is 8.19. The van der Waals surface area contributed by atoms with Crippen LogP contribution in [0.4, 0.5) is 0 Å². The van der Waals surface area contributed by atoms with Gasteiger partial charge in [-0.1, -0.05) is 18.5 Å². The second-order valence-electron chi connectivity index (χ2n) is 3.39. The Balaban J connectivity index is 2.21. The van der Waals surface area contributed by atoms with E-state index in [0.717, 1.165) is 21.5 Å². The number of hydrogen-bond donors (Lipinski definition) is 0. The van der Waals surface area contributed by atoms with Gasteiger partial charge in [0, 0.05) is 17.4 Å². The Kier molecular flexibility index (Phi) is 3.97. The maximum absolute atomic E-state index is 6.03. The van der Waals surface area contributed by atoms with Crippen molar-refractivity contribution in [1.29, 1.82) is 0 Å². The number of aryl methyl sites for hydroxylation is 1. The molecular formula is C12H10BrClN2O. The van der Waals surface area contributed by atoms with Crippen molar-refractivity contribution in [1.82, 2.24) is 9.97 Å². The van der Waals surface area contributed by atoms with Gasteiger partial charge in [-0.2, -0.15) is 0 Å². The maximum Gasteiger partial charge on any atom is 0.321 e. The van der Waals surface area contributed by atoms with Gasteiger partial charge in [0.2, 0.25) is 0 Å². The number of aromatic nitrogens is 2. The van der Waals surface area contributed by atoms with E-state index in [1.54, 1.807) is 18.5 Å². The van der Waals surface area contributed by atoms with Crippen LogP contribution >= 0.6 is 27.5 Å². The first kappa shape index (κ1) is 12.3. The minimum atomic E-state index is 0.317. The molecule has 2 aromatic rings. The Hall–Kier alpha value is -1.13. The highest BCUT2D eigenvalue weighted by Gasteiger charge is 2.04. The fourth-order valence-corrected chi connectivity index (χ4v) is 1.80. The number of halogens is 2. The normalized spacial score (nSPS) is 10.3. The minimum absolute atomic E-state index is 0.317. The van der Waals surface area contributed by atoms with Crippen LogP contribution in [-0.4, -0.2) is 9.97 Å². The fraction of sp³-hybridized carbons (Fsp3) is 0.167. The molecule has 0 amide bonds. The van der Waals surface area contributed by atoms with E-state index in [1.807, 2.05) is 19.1 Å². The molecule has 0 spiro atoms. The van der Waals surface area contributed by atoms with Gasteiger partial charge in [-0.05, 0) is 46.1 Å². The molecule has 0 bridgehead atoms. The Bertz CT molecular complexity index is 516. The second kappa shape index (κ2) is 5.47. The lowest BCUT2D eigenvalue weighted by Crippen LogP contribution is -1.92. The summed E-state index contributed by atoms with van der Waals surface area (Å²) in [5.41, 5.74) is 1.04. The van der Waals surface area contributed by atoms with Gasteiger partial charge in [0.05, 0.1) is 4.47 Å². The lowest BCUT2D eigenvalue weighted by molar-refractivity contribution is 0.441. The maximum atomic E-state index is 6.03. The fourth-order valence-electron chi connectivity index (χ4n) is 1.34. The van der Waals surface area contributed by atoms with E-state index in [1.165, 1.54) is 0 Å². The lowest BCUT2D eigenvalue weighted by Gasteiger charge is -2.06. The summed E-state index contributed by atoms with van der Waals surface area (Å²) in [5, 5.41) is 0.747. The van der Waals surface area contributed by atoms with E-state index < -0.39 is 0 Å². The quantitative estimate of drug-likeness (QED) is 0.850. The highest BCUT2D eigenvalue weighted by atomic mass is 79.9. The molecule has 17 heavy (non-hydrogen) atoms. The molecule has 5 heteroatoms. The van der Waals surface area contributed by atoms with Crippen molar-refractivity contribution in [2.24, 2.45) is 0 Å². The van der Waals surface area contributed by atoms with Crippen molar-refractivity contribution in [3.8, 4) is 11.8 Å². The first-order valence-corrected chi connectivity index (χ1v) is 6.30. The van der Waals surface area contributed by atoms with Gasteiger partial charge in [-0.15, -0.1) is 0 Å². The molecule has 0 aliphatic carbocycles. The molecule has 0 saturated carbocycles. The molecule has 0 N–H and O–H groups in total. The lowest BCUT2D eigenvalue weighted by atomic mass is 10.1. The molecule has 3 nitrogen and oxygen atoms in total. The summed E-state index contributed by atoms with van der Waals surface area (Å²) in [5.74, 6) is 0.688. The predicted molar refractivity (Wildman–Crippen MR) is 70.6 cm³/mol. The number of benzene rings is 1. The highest BCUT2D eigenvalue weighted by Crippen LogP contribution is 2.25. The van der Waals surface area contributed by atoms with Gasteiger partial charge in [0.15, 0.2) is 0 Å². The summed E-state index contributed by atoms with van der Waals surface area (Å²) in [6.45, 7) is 2.04. The van der Waals surface area contributed by atoms with Crippen molar-refractivity contribution in [2.75, 3.05) is 0 Å². The van der Waals surface area contributed by atoms with Crippen LogP contribution in [-0.2, 0) is 6.42 Å². The van der Waals surface area contributed by atoms with Crippen molar-refractivity contribution >= 4 is 27.5 Å². The molecule has 0 atom stereocenters. The summed E-state index contributed by atoms with van der Waals surface area (Å²) in [6.07, 6.45) is 4.13. The molecule has 1 aromatic heterocycles. The van der Waals surface area contributed by atoms with Gasteiger partial charge in [0.25, 0.3) is 0 Å². The zero-order valence-corrected chi connectivity index (χ0v) is 11.5. The van der Waals surface area contributed by atoms with E-state index in [4.69, 9.17) is 16.3 Å². The number of rotatable bonds is 3. The van der Waals surface area contributed by atoms with E-state index in [9.17, 15) is 0 Å². The summed E-state index contributed by atoms with van der Waals surface area (Å²) in [7, 11) is 0. The number of nitrogens with zero attached hydrogens (tertiary/aromatic N) is 2. The van der Waals surface area contributed by atoms with Gasteiger partial charge in [0.1, 0.15) is 5.75 Å². The van der Waals surface area contributed by atoms with Crippen molar-refractivity contribution in [3.63, 3.8) is 0 Å². The van der Waals surface area contributed by atoms with Crippen molar-refractivity contribution in [3.05, 3.63) is 45.7 Å². The third-order valence-electron chi connectivity index (χ3n) is 2.20. The van der Waals surface area contributed by atoms with Crippen LogP contribution in [0.25, 0.3) is 0 Å². The van der Waals surface area contributed by atoms with Crippen molar-refractivity contribution < 1.29 is 4.74 Å². The van der Waals surface area contributed by atoms with E-state index in [0.29, 0.717) is 11.8 Å². The largest absolute Gasteiger partial charge is 0.424 e. The van der Waals surface area contributed by atoms with E-state index >= 15 is 0 Å². The summed E-state index contributed by atoms with van der Waals surface area (Å²) >= 11 is 9.29. The smallest absolute Gasteiger partial charge is 0.321 e. The summed E-state index contributed by atoms with van der Waals surface area (Å²) in [6, 6.07) is 5.83. The van der Waals surface area contributed by atoms with E-state index in [2.05, 4.69) is 25.9 Å². The Labute approximate surface area is 113 Å². The molecular weight excluding hydrogens is 304 g/mol. The van der Waals surface area contributed by atoms with Crippen LogP contribution in [0.2, 0.25) is 5.02 Å². The predicted octanol–water partition coefficient (Wildman–Crippen LogP) is 4.25.